The molecule has 1 aromatic rings. The molecule has 2 atom stereocenters. The number of likely N-dealkylation sites (tertiary alicyclic amines) is 1. The van der Waals surface area contributed by atoms with Gasteiger partial charge in [0.05, 0.1) is 0 Å². The summed E-state index contributed by atoms with van der Waals surface area (Å²) in [7, 11) is 0. The average molecular weight is 193 g/mol. The lowest BCUT2D eigenvalue weighted by atomic mass is 10.1. The molecule has 1 saturated heterocycles. The Balaban J connectivity index is 2.07. The molecule has 3 nitrogen and oxygen atoms in total. The Hall–Kier alpha value is -0.800. The van der Waals surface area contributed by atoms with E-state index >= 15 is 0 Å². The fraction of sp³-hybridized carbons (Fsp3) is 0.636. The molecule has 1 fully saturated rings. The Morgan fingerprint density at radius 2 is 2.57 bits per heavy atom. The minimum Gasteiger partial charge on any atom is -0.364 e. The normalized spacial score (nSPS) is 25.4. The van der Waals surface area contributed by atoms with Crippen molar-refractivity contribution in [2.24, 2.45) is 5.73 Å². The van der Waals surface area contributed by atoms with Crippen molar-refractivity contribution in [2.75, 3.05) is 13.1 Å². The average Bonchev–Trinajstić information content (AvgIpc) is 2.87. The maximum atomic E-state index is 5.76. The molecule has 14 heavy (non-hydrogen) atoms. The van der Waals surface area contributed by atoms with Gasteiger partial charge in [0, 0.05) is 30.5 Å². The molecule has 1 aromatic heterocycles. The Bertz CT molecular complexity index is 268. The zero-order valence-corrected chi connectivity index (χ0v) is 8.74. The molecule has 1 aliphatic rings. The Morgan fingerprint density at radius 3 is 3.21 bits per heavy atom. The van der Waals surface area contributed by atoms with Crippen LogP contribution in [0.5, 0.6) is 0 Å². The third-order valence-corrected chi connectivity index (χ3v) is 3.26. The molecule has 0 bridgehead atoms. The van der Waals surface area contributed by atoms with E-state index in [1.54, 1.807) is 0 Å². The first-order chi connectivity index (χ1) is 6.83. The van der Waals surface area contributed by atoms with E-state index in [0.29, 0.717) is 12.1 Å². The molecule has 78 valence electrons. The first-order valence-corrected chi connectivity index (χ1v) is 5.42. The first-order valence-electron chi connectivity index (χ1n) is 5.42. The van der Waals surface area contributed by atoms with Crippen molar-refractivity contribution in [3.63, 3.8) is 0 Å². The van der Waals surface area contributed by atoms with Crippen LogP contribution < -0.4 is 5.73 Å². The van der Waals surface area contributed by atoms with Gasteiger partial charge in [0.2, 0.25) is 0 Å². The van der Waals surface area contributed by atoms with Gasteiger partial charge >= 0.3 is 0 Å². The summed E-state index contributed by atoms with van der Waals surface area (Å²) in [6.45, 7) is 4.22. The molecule has 1 aliphatic heterocycles. The van der Waals surface area contributed by atoms with Gasteiger partial charge in [-0.2, -0.15) is 0 Å². The smallest absolute Gasteiger partial charge is 0.0473 e. The quantitative estimate of drug-likeness (QED) is 0.764. The molecule has 0 spiro atoms. The van der Waals surface area contributed by atoms with E-state index in [9.17, 15) is 0 Å². The summed E-state index contributed by atoms with van der Waals surface area (Å²) in [4.78, 5) is 5.78. The van der Waals surface area contributed by atoms with Crippen molar-refractivity contribution < 1.29 is 0 Å². The second kappa shape index (κ2) is 4.15. The second-order valence-corrected chi connectivity index (χ2v) is 4.07. The highest BCUT2D eigenvalue weighted by Crippen LogP contribution is 2.27. The second-order valence-electron chi connectivity index (χ2n) is 4.07. The monoisotopic (exact) mass is 193 g/mol. The molecule has 0 saturated carbocycles. The standard InChI is InChI=1S/C11H19N3/c1-9(11-5-2-6-13-11)14-7-3-4-10(14)8-12/h2,5-6,9-10,13H,3-4,7-8,12H2,1H3/t9-,10+/m1/s1. The van der Waals surface area contributed by atoms with Gasteiger partial charge in [0.1, 0.15) is 0 Å². The lowest BCUT2D eigenvalue weighted by molar-refractivity contribution is 0.194. The van der Waals surface area contributed by atoms with E-state index in [1.807, 2.05) is 6.20 Å². The van der Waals surface area contributed by atoms with E-state index in [4.69, 9.17) is 5.73 Å². The molecule has 0 radical (unpaired) electrons. The number of H-pyrrole nitrogens is 1. The summed E-state index contributed by atoms with van der Waals surface area (Å²) in [5.41, 5.74) is 7.06. The number of aromatic amines is 1. The maximum absolute atomic E-state index is 5.76. The molecule has 2 heterocycles. The molecule has 3 N–H and O–H groups in total. The highest BCUT2D eigenvalue weighted by atomic mass is 15.2. The maximum Gasteiger partial charge on any atom is 0.0473 e. The first kappa shape index (κ1) is 9.74. The van der Waals surface area contributed by atoms with Crippen LogP contribution in [0, 0.1) is 0 Å². The molecule has 0 aromatic carbocycles. The van der Waals surface area contributed by atoms with Crippen LogP contribution in [0.3, 0.4) is 0 Å². The van der Waals surface area contributed by atoms with Crippen LogP contribution in [0.25, 0.3) is 0 Å². The lowest BCUT2D eigenvalue weighted by Crippen LogP contribution is -2.37. The third-order valence-electron chi connectivity index (χ3n) is 3.26. The lowest BCUT2D eigenvalue weighted by Gasteiger charge is -2.29. The van der Waals surface area contributed by atoms with E-state index in [-0.39, 0.29) is 0 Å². The number of nitrogens with zero attached hydrogens (tertiary/aromatic N) is 1. The Kier molecular flexibility index (Phi) is 2.89. The van der Waals surface area contributed by atoms with Crippen LogP contribution in [-0.4, -0.2) is 29.0 Å². The molecule has 0 amide bonds. The van der Waals surface area contributed by atoms with Crippen molar-refractivity contribution in [3.05, 3.63) is 24.0 Å². The van der Waals surface area contributed by atoms with Crippen LogP contribution in [0.4, 0.5) is 0 Å². The van der Waals surface area contributed by atoms with Gasteiger partial charge < -0.3 is 10.7 Å². The van der Waals surface area contributed by atoms with Crippen LogP contribution >= 0.6 is 0 Å². The van der Waals surface area contributed by atoms with Gasteiger partial charge in [-0.1, -0.05) is 0 Å². The summed E-state index contributed by atoms with van der Waals surface area (Å²) >= 11 is 0. The molecule has 3 heteroatoms. The number of aromatic nitrogens is 1. The van der Waals surface area contributed by atoms with E-state index < -0.39 is 0 Å². The zero-order chi connectivity index (χ0) is 9.97. The largest absolute Gasteiger partial charge is 0.364 e. The van der Waals surface area contributed by atoms with Gasteiger partial charge in [-0.05, 0) is 38.4 Å². The van der Waals surface area contributed by atoms with Crippen molar-refractivity contribution in [3.8, 4) is 0 Å². The van der Waals surface area contributed by atoms with Crippen LogP contribution in [0.2, 0.25) is 0 Å². The fourth-order valence-electron chi connectivity index (χ4n) is 2.40. The highest BCUT2D eigenvalue weighted by Gasteiger charge is 2.28. The van der Waals surface area contributed by atoms with Gasteiger partial charge in [-0.15, -0.1) is 0 Å². The van der Waals surface area contributed by atoms with Crippen molar-refractivity contribution >= 4 is 0 Å². The Morgan fingerprint density at radius 1 is 1.71 bits per heavy atom. The molecular weight excluding hydrogens is 174 g/mol. The SMILES string of the molecule is C[C@H](c1ccc[nH]1)N1CCC[C@H]1CN. The summed E-state index contributed by atoms with van der Waals surface area (Å²) in [5.74, 6) is 0. The summed E-state index contributed by atoms with van der Waals surface area (Å²) < 4.78 is 0. The van der Waals surface area contributed by atoms with Crippen LogP contribution in [0.15, 0.2) is 18.3 Å². The fourth-order valence-corrected chi connectivity index (χ4v) is 2.40. The third kappa shape index (κ3) is 1.70. The molecule has 2 rings (SSSR count). The van der Waals surface area contributed by atoms with Gasteiger partial charge in [-0.3, -0.25) is 4.90 Å². The van der Waals surface area contributed by atoms with Crippen LogP contribution in [0.1, 0.15) is 31.5 Å². The van der Waals surface area contributed by atoms with E-state index in [2.05, 4.69) is 28.9 Å². The minimum absolute atomic E-state index is 0.473. The number of hydrogen-bond donors (Lipinski definition) is 2. The van der Waals surface area contributed by atoms with Crippen LogP contribution in [-0.2, 0) is 0 Å². The summed E-state index contributed by atoms with van der Waals surface area (Å²) in [6, 6.07) is 5.25. The van der Waals surface area contributed by atoms with Crippen molar-refractivity contribution in [1.82, 2.24) is 9.88 Å². The number of rotatable bonds is 3. The predicted octanol–water partition coefficient (Wildman–Crippen LogP) is 1.50. The van der Waals surface area contributed by atoms with Gasteiger partial charge in [0.15, 0.2) is 0 Å². The highest BCUT2D eigenvalue weighted by molar-refractivity contribution is 5.09. The van der Waals surface area contributed by atoms with Crippen molar-refractivity contribution in [1.29, 1.82) is 0 Å². The van der Waals surface area contributed by atoms with Gasteiger partial charge in [-0.25, -0.2) is 0 Å². The molecule has 0 unspecified atom stereocenters. The minimum atomic E-state index is 0.473. The molecular formula is C11H19N3. The molecule has 0 aliphatic carbocycles. The van der Waals surface area contributed by atoms with Gasteiger partial charge in [0.25, 0.3) is 0 Å². The van der Waals surface area contributed by atoms with E-state index in [1.165, 1.54) is 25.1 Å². The summed E-state index contributed by atoms with van der Waals surface area (Å²) in [5, 5.41) is 0. The zero-order valence-electron chi connectivity index (χ0n) is 8.74. The topological polar surface area (TPSA) is 45.0 Å². The number of hydrogen-bond acceptors (Lipinski definition) is 2. The number of nitrogens with one attached hydrogen (secondary N) is 1. The predicted molar refractivity (Wildman–Crippen MR) is 58.0 cm³/mol. The van der Waals surface area contributed by atoms with Crippen molar-refractivity contribution in [2.45, 2.75) is 31.8 Å². The Labute approximate surface area is 85.3 Å². The number of nitrogens with two attached hydrogens (primary N) is 1. The van der Waals surface area contributed by atoms with E-state index in [0.717, 1.165) is 6.54 Å². The summed E-state index contributed by atoms with van der Waals surface area (Å²) in [6.07, 6.45) is 4.52.